The first kappa shape index (κ1) is 22.0. The van der Waals surface area contributed by atoms with Gasteiger partial charge >= 0.3 is 0 Å². The molecule has 0 bridgehead atoms. The van der Waals surface area contributed by atoms with Gasteiger partial charge in [-0.25, -0.2) is 4.98 Å². The Morgan fingerprint density at radius 3 is 2.63 bits per heavy atom. The molecule has 0 radical (unpaired) electrons. The SMILES string of the molecule is C=CCOCC(O)CN1CCN(c2ccc(NC(=O)Cc3ccccc3)cn2)CC1. The smallest absolute Gasteiger partial charge is 0.228 e. The second-order valence-electron chi connectivity index (χ2n) is 7.38. The van der Waals surface area contributed by atoms with Gasteiger partial charge in [-0.05, 0) is 17.7 Å². The minimum absolute atomic E-state index is 0.0556. The number of anilines is 2. The molecule has 1 amide bonds. The maximum atomic E-state index is 12.2. The molecular weight excluding hydrogens is 380 g/mol. The summed E-state index contributed by atoms with van der Waals surface area (Å²) < 4.78 is 5.30. The number of carbonyl (C=O) groups excluding carboxylic acids is 1. The van der Waals surface area contributed by atoms with Crippen LogP contribution >= 0.6 is 0 Å². The van der Waals surface area contributed by atoms with E-state index >= 15 is 0 Å². The third-order valence-electron chi connectivity index (χ3n) is 4.95. The number of ether oxygens (including phenoxy) is 1. The Hall–Kier alpha value is -2.74. The number of hydrogen-bond donors (Lipinski definition) is 2. The number of rotatable bonds is 10. The molecule has 7 nitrogen and oxygen atoms in total. The van der Waals surface area contributed by atoms with Crippen molar-refractivity contribution in [2.75, 3.05) is 56.2 Å². The normalized spacial score (nSPS) is 15.6. The number of aliphatic hydroxyl groups excluding tert-OH is 1. The molecule has 1 aromatic heterocycles. The summed E-state index contributed by atoms with van der Waals surface area (Å²) in [6.45, 7) is 8.38. The van der Waals surface area contributed by atoms with Crippen LogP contribution in [0, 0.1) is 0 Å². The minimum atomic E-state index is -0.492. The van der Waals surface area contributed by atoms with Crippen LogP contribution in [0.3, 0.4) is 0 Å². The van der Waals surface area contributed by atoms with Crippen LogP contribution in [-0.4, -0.2) is 72.9 Å². The molecule has 160 valence electrons. The highest BCUT2D eigenvalue weighted by Gasteiger charge is 2.20. The van der Waals surface area contributed by atoms with E-state index in [9.17, 15) is 9.90 Å². The summed E-state index contributed by atoms with van der Waals surface area (Å²) in [6, 6.07) is 13.5. The molecule has 3 rings (SSSR count). The van der Waals surface area contributed by atoms with Crippen molar-refractivity contribution in [3.8, 4) is 0 Å². The molecule has 2 heterocycles. The first-order valence-corrected chi connectivity index (χ1v) is 10.3. The summed E-state index contributed by atoms with van der Waals surface area (Å²) in [5, 5.41) is 12.9. The van der Waals surface area contributed by atoms with Crippen molar-refractivity contribution >= 4 is 17.4 Å². The number of aliphatic hydroxyl groups is 1. The number of nitrogens with one attached hydrogen (secondary N) is 1. The molecule has 1 aliphatic heterocycles. The number of piperazine rings is 1. The van der Waals surface area contributed by atoms with E-state index in [-0.39, 0.29) is 5.91 Å². The third-order valence-corrected chi connectivity index (χ3v) is 4.95. The number of amides is 1. The molecule has 1 atom stereocenters. The topological polar surface area (TPSA) is 77.9 Å². The Kier molecular flexibility index (Phi) is 8.38. The molecule has 7 heteroatoms. The zero-order chi connectivity index (χ0) is 21.2. The summed E-state index contributed by atoms with van der Waals surface area (Å²) in [6.07, 6.45) is 3.23. The first-order valence-electron chi connectivity index (χ1n) is 10.3. The zero-order valence-corrected chi connectivity index (χ0v) is 17.2. The van der Waals surface area contributed by atoms with Crippen molar-refractivity contribution in [2.24, 2.45) is 0 Å². The average Bonchev–Trinajstić information content (AvgIpc) is 2.76. The summed E-state index contributed by atoms with van der Waals surface area (Å²) >= 11 is 0. The highest BCUT2D eigenvalue weighted by molar-refractivity contribution is 5.92. The highest BCUT2D eigenvalue weighted by Crippen LogP contribution is 2.16. The van der Waals surface area contributed by atoms with Gasteiger partial charge in [0.2, 0.25) is 5.91 Å². The summed E-state index contributed by atoms with van der Waals surface area (Å²) in [7, 11) is 0. The minimum Gasteiger partial charge on any atom is -0.389 e. The summed E-state index contributed by atoms with van der Waals surface area (Å²) in [5.74, 6) is 0.838. The van der Waals surface area contributed by atoms with E-state index in [0.717, 1.165) is 37.6 Å². The number of aromatic nitrogens is 1. The lowest BCUT2D eigenvalue weighted by molar-refractivity contribution is -0.115. The van der Waals surface area contributed by atoms with Gasteiger partial charge in [-0.15, -0.1) is 6.58 Å². The van der Waals surface area contributed by atoms with E-state index in [2.05, 4.69) is 26.7 Å². The summed E-state index contributed by atoms with van der Waals surface area (Å²) in [5.41, 5.74) is 1.68. The van der Waals surface area contributed by atoms with E-state index in [1.165, 1.54) is 0 Å². The molecule has 1 saturated heterocycles. The van der Waals surface area contributed by atoms with Gasteiger partial charge in [0.05, 0.1) is 37.6 Å². The number of benzene rings is 1. The van der Waals surface area contributed by atoms with Crippen molar-refractivity contribution < 1.29 is 14.6 Å². The number of β-amino-alcohol motifs (C(OH)–C–C–N with tert-alkyl or cyclic N) is 1. The Labute approximate surface area is 178 Å². The van der Waals surface area contributed by atoms with Crippen LogP contribution in [0.25, 0.3) is 0 Å². The molecule has 1 unspecified atom stereocenters. The molecular formula is C23H30N4O3. The van der Waals surface area contributed by atoms with Crippen molar-refractivity contribution in [2.45, 2.75) is 12.5 Å². The monoisotopic (exact) mass is 410 g/mol. The predicted octanol–water partition coefficient (Wildman–Crippen LogP) is 1.95. The van der Waals surface area contributed by atoms with Crippen molar-refractivity contribution in [1.82, 2.24) is 9.88 Å². The number of pyridine rings is 1. The van der Waals surface area contributed by atoms with E-state index in [1.807, 2.05) is 42.5 Å². The Morgan fingerprint density at radius 2 is 1.97 bits per heavy atom. The molecule has 0 saturated carbocycles. The maximum absolute atomic E-state index is 12.2. The highest BCUT2D eigenvalue weighted by atomic mass is 16.5. The van der Waals surface area contributed by atoms with Gasteiger partial charge in [-0.3, -0.25) is 9.69 Å². The molecule has 0 aliphatic carbocycles. The first-order chi connectivity index (χ1) is 14.6. The molecule has 1 aliphatic rings. The average molecular weight is 411 g/mol. The fourth-order valence-electron chi connectivity index (χ4n) is 3.43. The van der Waals surface area contributed by atoms with Gasteiger partial charge in [0, 0.05) is 32.7 Å². The lowest BCUT2D eigenvalue weighted by atomic mass is 10.1. The number of hydrogen-bond acceptors (Lipinski definition) is 6. The van der Waals surface area contributed by atoms with Crippen LogP contribution in [0.15, 0.2) is 61.3 Å². The fraction of sp³-hybridized carbons (Fsp3) is 0.391. The van der Waals surface area contributed by atoms with Crippen molar-refractivity contribution in [1.29, 1.82) is 0 Å². The largest absolute Gasteiger partial charge is 0.389 e. The molecule has 0 spiro atoms. The second-order valence-corrected chi connectivity index (χ2v) is 7.38. The maximum Gasteiger partial charge on any atom is 0.228 e. The lowest BCUT2D eigenvalue weighted by Crippen LogP contribution is -2.49. The van der Waals surface area contributed by atoms with Crippen LogP contribution in [0.4, 0.5) is 11.5 Å². The Balaban J connectivity index is 1.42. The quantitative estimate of drug-likeness (QED) is 0.461. The van der Waals surface area contributed by atoms with Crippen LogP contribution in [-0.2, 0) is 16.0 Å². The van der Waals surface area contributed by atoms with Crippen LogP contribution < -0.4 is 10.2 Å². The van der Waals surface area contributed by atoms with E-state index in [0.29, 0.717) is 31.9 Å². The van der Waals surface area contributed by atoms with Gasteiger partial charge in [0.15, 0.2) is 0 Å². The lowest BCUT2D eigenvalue weighted by Gasteiger charge is -2.36. The number of nitrogens with zero attached hydrogens (tertiary/aromatic N) is 3. The van der Waals surface area contributed by atoms with E-state index in [4.69, 9.17) is 4.74 Å². The molecule has 2 aromatic rings. The van der Waals surface area contributed by atoms with Crippen molar-refractivity contribution in [3.05, 3.63) is 66.9 Å². The van der Waals surface area contributed by atoms with Crippen LogP contribution in [0.2, 0.25) is 0 Å². The summed E-state index contributed by atoms with van der Waals surface area (Å²) in [4.78, 5) is 21.1. The van der Waals surface area contributed by atoms with E-state index in [1.54, 1.807) is 12.3 Å². The second kappa shape index (κ2) is 11.4. The molecule has 1 fully saturated rings. The van der Waals surface area contributed by atoms with Gasteiger partial charge in [-0.2, -0.15) is 0 Å². The van der Waals surface area contributed by atoms with E-state index < -0.39 is 6.10 Å². The zero-order valence-electron chi connectivity index (χ0n) is 17.2. The molecule has 2 N–H and O–H groups in total. The standard InChI is InChI=1S/C23H30N4O3/c1-2-14-30-18-21(28)17-26-10-12-27(13-11-26)22-9-8-20(16-24-22)25-23(29)15-19-6-4-3-5-7-19/h2-9,16,21,28H,1,10-15,17-18H2,(H,25,29). The number of carbonyl (C=O) groups is 1. The van der Waals surface area contributed by atoms with Gasteiger partial charge in [0.25, 0.3) is 0 Å². The van der Waals surface area contributed by atoms with Gasteiger partial charge in [0.1, 0.15) is 5.82 Å². The molecule has 30 heavy (non-hydrogen) atoms. The van der Waals surface area contributed by atoms with Crippen molar-refractivity contribution in [3.63, 3.8) is 0 Å². The van der Waals surface area contributed by atoms with Gasteiger partial charge in [-0.1, -0.05) is 36.4 Å². The predicted molar refractivity (Wildman–Crippen MR) is 119 cm³/mol. The molecule has 1 aromatic carbocycles. The Bertz CT molecular complexity index is 790. The van der Waals surface area contributed by atoms with Crippen LogP contribution in [0.5, 0.6) is 0 Å². The third kappa shape index (κ3) is 6.95. The van der Waals surface area contributed by atoms with Gasteiger partial charge < -0.3 is 20.1 Å². The fourth-order valence-corrected chi connectivity index (χ4v) is 3.43. The Morgan fingerprint density at radius 1 is 1.20 bits per heavy atom. The van der Waals surface area contributed by atoms with Crippen LogP contribution in [0.1, 0.15) is 5.56 Å².